The number of carbonyl (C=O) groups excluding carboxylic acids is 1. The average molecular weight is 398 g/mol. The number of methoxy groups -OCH3 is 1. The zero-order valence-electron chi connectivity index (χ0n) is 16.0. The highest BCUT2D eigenvalue weighted by Gasteiger charge is 2.11. The summed E-state index contributed by atoms with van der Waals surface area (Å²) < 4.78 is 10.7. The zero-order chi connectivity index (χ0) is 19.9. The molecule has 0 aliphatic rings. The summed E-state index contributed by atoms with van der Waals surface area (Å²) in [6, 6.07) is 13.5. The lowest BCUT2D eigenvalue weighted by atomic mass is 10.1. The minimum absolute atomic E-state index is 0.116. The largest absolute Gasteiger partial charge is 0.497 e. The van der Waals surface area contributed by atoms with Crippen LogP contribution in [0, 0.1) is 13.8 Å². The number of hydrogen-bond donors (Lipinski definition) is 2. The average Bonchev–Trinajstić information content (AvgIpc) is 3.16. The molecule has 0 fully saturated rings. The molecule has 0 spiro atoms. The first kappa shape index (κ1) is 19.8. The standard InChI is InChI=1S/C20H22N4O3S/c1-13-4-5-14(2)17(10-13)22-18(25)12-28-20-24-23-19(27-20)11-21-15-6-8-16(26-3)9-7-15/h4-10,21H,11-12H2,1-3H3,(H,22,25). The van der Waals surface area contributed by atoms with Gasteiger partial charge in [0.05, 0.1) is 19.4 Å². The first-order chi connectivity index (χ1) is 13.5. The number of nitrogens with one attached hydrogen (secondary N) is 2. The van der Waals surface area contributed by atoms with Crippen molar-refractivity contribution in [1.29, 1.82) is 0 Å². The summed E-state index contributed by atoms with van der Waals surface area (Å²) >= 11 is 1.21. The van der Waals surface area contributed by atoms with Gasteiger partial charge < -0.3 is 19.8 Å². The Balaban J connectivity index is 1.47. The normalized spacial score (nSPS) is 10.5. The van der Waals surface area contributed by atoms with Crippen LogP contribution in [0.1, 0.15) is 17.0 Å². The summed E-state index contributed by atoms with van der Waals surface area (Å²) in [6.45, 7) is 4.35. The van der Waals surface area contributed by atoms with Crippen molar-refractivity contribution < 1.29 is 13.9 Å². The molecule has 0 radical (unpaired) electrons. The van der Waals surface area contributed by atoms with E-state index in [0.717, 1.165) is 28.3 Å². The van der Waals surface area contributed by atoms with Crippen LogP contribution in [0.15, 0.2) is 52.1 Å². The second-order valence-corrected chi connectivity index (χ2v) is 7.13. The Labute approximate surface area is 167 Å². The Kier molecular flexibility index (Phi) is 6.54. The van der Waals surface area contributed by atoms with Crippen LogP contribution in [0.4, 0.5) is 11.4 Å². The molecule has 0 aliphatic heterocycles. The zero-order valence-corrected chi connectivity index (χ0v) is 16.8. The molecule has 0 bridgehead atoms. The minimum Gasteiger partial charge on any atom is -0.497 e. The third-order valence-corrected chi connectivity index (χ3v) is 4.79. The highest BCUT2D eigenvalue weighted by Crippen LogP contribution is 2.20. The number of ether oxygens (including phenoxy) is 1. The van der Waals surface area contributed by atoms with Gasteiger partial charge >= 0.3 is 0 Å². The fourth-order valence-electron chi connectivity index (χ4n) is 2.44. The maximum Gasteiger partial charge on any atom is 0.277 e. The summed E-state index contributed by atoms with van der Waals surface area (Å²) in [5.41, 5.74) is 3.86. The number of benzene rings is 2. The maximum atomic E-state index is 12.2. The van der Waals surface area contributed by atoms with Gasteiger partial charge in [-0.05, 0) is 55.3 Å². The van der Waals surface area contributed by atoms with Crippen LogP contribution in [-0.2, 0) is 11.3 Å². The Morgan fingerprint density at radius 1 is 1.14 bits per heavy atom. The van der Waals surface area contributed by atoms with Crippen molar-refractivity contribution in [3.05, 3.63) is 59.5 Å². The molecule has 2 aromatic carbocycles. The van der Waals surface area contributed by atoms with Crippen LogP contribution in [0.5, 0.6) is 5.75 Å². The molecule has 0 unspecified atom stereocenters. The molecule has 7 nitrogen and oxygen atoms in total. The highest BCUT2D eigenvalue weighted by atomic mass is 32.2. The van der Waals surface area contributed by atoms with Gasteiger partial charge in [0.1, 0.15) is 5.75 Å². The second kappa shape index (κ2) is 9.27. The van der Waals surface area contributed by atoms with Crippen LogP contribution in [-0.4, -0.2) is 29.0 Å². The predicted molar refractivity (Wildman–Crippen MR) is 110 cm³/mol. The van der Waals surface area contributed by atoms with Crippen LogP contribution in [0.25, 0.3) is 0 Å². The number of hydrogen-bond acceptors (Lipinski definition) is 7. The van der Waals surface area contributed by atoms with Gasteiger partial charge in [0.15, 0.2) is 0 Å². The van der Waals surface area contributed by atoms with E-state index in [1.807, 2.05) is 56.3 Å². The summed E-state index contributed by atoms with van der Waals surface area (Å²) in [5.74, 6) is 1.32. The Morgan fingerprint density at radius 2 is 1.93 bits per heavy atom. The molecule has 0 saturated heterocycles. The molecule has 1 amide bonds. The molecule has 1 aromatic heterocycles. The minimum atomic E-state index is -0.116. The molecule has 3 rings (SSSR count). The topological polar surface area (TPSA) is 89.3 Å². The number of rotatable bonds is 8. The van der Waals surface area contributed by atoms with E-state index in [1.54, 1.807) is 7.11 Å². The van der Waals surface area contributed by atoms with Crippen LogP contribution < -0.4 is 15.4 Å². The van der Waals surface area contributed by atoms with Gasteiger partial charge in [-0.15, -0.1) is 10.2 Å². The van der Waals surface area contributed by atoms with Gasteiger partial charge in [-0.25, -0.2) is 0 Å². The highest BCUT2D eigenvalue weighted by molar-refractivity contribution is 7.99. The van der Waals surface area contributed by atoms with E-state index >= 15 is 0 Å². The van der Waals surface area contributed by atoms with Gasteiger partial charge in [-0.1, -0.05) is 23.9 Å². The van der Waals surface area contributed by atoms with E-state index in [9.17, 15) is 4.79 Å². The van der Waals surface area contributed by atoms with Crippen molar-refractivity contribution in [3.8, 4) is 5.75 Å². The quantitative estimate of drug-likeness (QED) is 0.554. The fourth-order valence-corrected chi connectivity index (χ4v) is 3.02. The van der Waals surface area contributed by atoms with Gasteiger partial charge in [0, 0.05) is 11.4 Å². The van der Waals surface area contributed by atoms with E-state index in [-0.39, 0.29) is 11.7 Å². The van der Waals surface area contributed by atoms with Crippen molar-refractivity contribution in [1.82, 2.24) is 10.2 Å². The molecule has 0 atom stereocenters. The third-order valence-electron chi connectivity index (χ3n) is 3.98. The molecular formula is C20H22N4O3S. The van der Waals surface area contributed by atoms with Crippen LogP contribution >= 0.6 is 11.8 Å². The number of nitrogens with zero attached hydrogens (tertiary/aromatic N) is 2. The number of thioether (sulfide) groups is 1. The van der Waals surface area contributed by atoms with E-state index in [2.05, 4.69) is 20.8 Å². The lowest BCUT2D eigenvalue weighted by Crippen LogP contribution is -2.14. The summed E-state index contributed by atoms with van der Waals surface area (Å²) in [7, 11) is 1.63. The number of anilines is 2. The molecule has 2 N–H and O–H groups in total. The Hall–Kier alpha value is -3.00. The second-order valence-electron chi connectivity index (χ2n) is 6.20. The molecular weight excluding hydrogens is 376 g/mol. The monoisotopic (exact) mass is 398 g/mol. The van der Waals surface area contributed by atoms with Crippen molar-refractivity contribution in [2.45, 2.75) is 25.6 Å². The molecule has 0 aliphatic carbocycles. The number of aryl methyl sites for hydroxylation is 2. The summed E-state index contributed by atoms with van der Waals surface area (Å²) in [5, 5.41) is 14.4. The summed E-state index contributed by atoms with van der Waals surface area (Å²) in [6.07, 6.45) is 0. The smallest absolute Gasteiger partial charge is 0.277 e. The van der Waals surface area contributed by atoms with E-state index in [4.69, 9.17) is 9.15 Å². The van der Waals surface area contributed by atoms with E-state index in [1.165, 1.54) is 11.8 Å². The molecule has 146 valence electrons. The molecule has 28 heavy (non-hydrogen) atoms. The lowest BCUT2D eigenvalue weighted by molar-refractivity contribution is -0.113. The Bertz CT molecular complexity index is 941. The third kappa shape index (κ3) is 5.50. The molecule has 0 saturated carbocycles. The molecule has 3 aromatic rings. The van der Waals surface area contributed by atoms with Gasteiger partial charge in [0.2, 0.25) is 11.8 Å². The first-order valence-electron chi connectivity index (χ1n) is 8.73. The maximum absolute atomic E-state index is 12.2. The predicted octanol–water partition coefficient (Wildman–Crippen LogP) is 4.04. The van der Waals surface area contributed by atoms with Crippen molar-refractivity contribution in [3.63, 3.8) is 0 Å². The van der Waals surface area contributed by atoms with Gasteiger partial charge in [0.25, 0.3) is 5.22 Å². The van der Waals surface area contributed by atoms with Gasteiger partial charge in [-0.3, -0.25) is 4.79 Å². The lowest BCUT2D eigenvalue weighted by Gasteiger charge is -2.08. The molecule has 1 heterocycles. The van der Waals surface area contributed by atoms with Crippen molar-refractivity contribution >= 4 is 29.0 Å². The van der Waals surface area contributed by atoms with E-state index in [0.29, 0.717) is 17.7 Å². The number of aromatic nitrogens is 2. The van der Waals surface area contributed by atoms with Crippen LogP contribution in [0.2, 0.25) is 0 Å². The van der Waals surface area contributed by atoms with Crippen molar-refractivity contribution in [2.75, 3.05) is 23.5 Å². The molecule has 8 heteroatoms. The number of amides is 1. The SMILES string of the molecule is COc1ccc(NCc2nnc(SCC(=O)Nc3cc(C)ccc3C)o2)cc1. The van der Waals surface area contributed by atoms with Gasteiger partial charge in [-0.2, -0.15) is 0 Å². The summed E-state index contributed by atoms with van der Waals surface area (Å²) in [4.78, 5) is 12.2. The Morgan fingerprint density at radius 3 is 2.68 bits per heavy atom. The first-order valence-corrected chi connectivity index (χ1v) is 9.72. The van der Waals surface area contributed by atoms with E-state index < -0.39 is 0 Å². The number of carbonyl (C=O) groups is 1. The van der Waals surface area contributed by atoms with Crippen LogP contribution in [0.3, 0.4) is 0 Å². The van der Waals surface area contributed by atoms with Crippen molar-refractivity contribution in [2.24, 2.45) is 0 Å². The fraction of sp³-hybridized carbons (Fsp3) is 0.250.